The molecule has 0 aliphatic carbocycles. The lowest BCUT2D eigenvalue weighted by Gasteiger charge is -2.29. The van der Waals surface area contributed by atoms with Gasteiger partial charge in [0.1, 0.15) is 36.2 Å². The largest absolute Gasteiger partial charge is 0.480 e. The topological polar surface area (TPSA) is 186 Å². The number of carboxylic acid groups (broad SMARTS) is 1. The van der Waals surface area contributed by atoms with E-state index in [2.05, 4.69) is 20.9 Å². The summed E-state index contributed by atoms with van der Waals surface area (Å²) in [5.41, 5.74) is 12.1. The molecule has 12 nitrogen and oxygen atoms in total. The number of terminal acetylenes is 1. The molecule has 0 bridgehead atoms. The minimum Gasteiger partial charge on any atom is -0.480 e. The number of ether oxygens (including phenoxy) is 1. The summed E-state index contributed by atoms with van der Waals surface area (Å²) >= 11 is 0. The Morgan fingerprint density at radius 1 is 1.40 bits per heavy atom. The second kappa shape index (κ2) is 8.90. The van der Waals surface area contributed by atoms with E-state index in [1.54, 1.807) is 11.8 Å². The Labute approximate surface area is 172 Å². The number of anilines is 1. The van der Waals surface area contributed by atoms with Gasteiger partial charge in [-0.25, -0.2) is 15.0 Å². The van der Waals surface area contributed by atoms with E-state index in [1.807, 2.05) is 0 Å². The molecule has 2 aromatic heterocycles. The fraction of sp³-hybridized carbons (Fsp3) is 0.556. The van der Waals surface area contributed by atoms with Crippen LogP contribution in [0.25, 0.3) is 11.2 Å². The molecule has 1 aliphatic heterocycles. The first-order valence-electron chi connectivity index (χ1n) is 9.37. The molecule has 3 rings (SSSR count). The van der Waals surface area contributed by atoms with Crippen LogP contribution in [0.5, 0.6) is 0 Å². The summed E-state index contributed by atoms with van der Waals surface area (Å²) in [6.45, 7) is 2.21. The van der Waals surface area contributed by atoms with Crippen molar-refractivity contribution in [2.24, 2.45) is 5.73 Å². The first-order chi connectivity index (χ1) is 14.2. The van der Waals surface area contributed by atoms with Gasteiger partial charge in [-0.1, -0.05) is 5.92 Å². The maximum absolute atomic E-state index is 11.0. The van der Waals surface area contributed by atoms with Gasteiger partial charge >= 0.3 is 5.97 Å². The third kappa shape index (κ3) is 4.20. The number of aliphatic hydroxyl groups excluding tert-OH is 2. The zero-order chi connectivity index (χ0) is 22.0. The van der Waals surface area contributed by atoms with E-state index in [0.29, 0.717) is 11.2 Å². The number of imidazole rings is 1. The van der Waals surface area contributed by atoms with Gasteiger partial charge in [-0.05, 0) is 13.3 Å². The van der Waals surface area contributed by atoms with Gasteiger partial charge < -0.3 is 31.5 Å². The zero-order valence-electron chi connectivity index (χ0n) is 16.4. The van der Waals surface area contributed by atoms with E-state index < -0.39 is 36.6 Å². The van der Waals surface area contributed by atoms with E-state index in [-0.39, 0.29) is 31.4 Å². The van der Waals surface area contributed by atoms with Crippen LogP contribution >= 0.6 is 0 Å². The van der Waals surface area contributed by atoms with Crippen LogP contribution < -0.4 is 11.5 Å². The number of nitrogens with two attached hydrogens (primary N) is 2. The molecule has 30 heavy (non-hydrogen) atoms. The summed E-state index contributed by atoms with van der Waals surface area (Å²) < 4.78 is 7.40. The molecule has 0 aromatic carbocycles. The molecule has 1 fully saturated rings. The van der Waals surface area contributed by atoms with Crippen LogP contribution in [0.2, 0.25) is 0 Å². The molecule has 12 heteroatoms. The monoisotopic (exact) mass is 419 g/mol. The number of fused-ring (bicyclic) bond motifs is 1. The van der Waals surface area contributed by atoms with Gasteiger partial charge in [-0.15, -0.1) is 6.42 Å². The van der Waals surface area contributed by atoms with Crippen LogP contribution in [-0.2, 0) is 9.53 Å². The molecule has 0 saturated carbocycles. The molecule has 6 atom stereocenters. The maximum Gasteiger partial charge on any atom is 0.320 e. The third-order valence-corrected chi connectivity index (χ3v) is 5.25. The van der Waals surface area contributed by atoms with Gasteiger partial charge in [0.05, 0.1) is 12.4 Å². The lowest BCUT2D eigenvalue weighted by Crippen LogP contribution is -2.45. The Balaban J connectivity index is 1.76. The molecule has 2 aromatic rings. The number of aliphatic carboxylic acids is 1. The summed E-state index contributed by atoms with van der Waals surface area (Å²) in [5, 5.41) is 30.1. The lowest BCUT2D eigenvalue weighted by atomic mass is 10.1. The Morgan fingerprint density at radius 2 is 2.13 bits per heavy atom. The number of nitrogen functional groups attached to an aromatic ring is 1. The summed E-state index contributed by atoms with van der Waals surface area (Å²) in [4.78, 5) is 24.9. The van der Waals surface area contributed by atoms with Gasteiger partial charge in [-0.3, -0.25) is 14.3 Å². The Kier molecular flexibility index (Phi) is 6.49. The molecule has 0 amide bonds. The van der Waals surface area contributed by atoms with E-state index in [9.17, 15) is 15.0 Å². The van der Waals surface area contributed by atoms with E-state index in [4.69, 9.17) is 27.7 Å². The molecule has 0 spiro atoms. The van der Waals surface area contributed by atoms with E-state index in [1.165, 1.54) is 17.2 Å². The molecule has 0 radical (unpaired) electrons. The predicted molar refractivity (Wildman–Crippen MR) is 106 cm³/mol. The highest BCUT2D eigenvalue weighted by atomic mass is 16.6. The van der Waals surface area contributed by atoms with Gasteiger partial charge in [0.2, 0.25) is 0 Å². The van der Waals surface area contributed by atoms with E-state index in [0.717, 1.165) is 0 Å². The average Bonchev–Trinajstić information content (AvgIpc) is 3.27. The van der Waals surface area contributed by atoms with Gasteiger partial charge in [-0.2, -0.15) is 0 Å². The molecule has 1 unspecified atom stereocenters. The third-order valence-electron chi connectivity index (χ3n) is 5.25. The number of nitrogens with zero attached hydrogens (tertiary/aromatic N) is 5. The van der Waals surface area contributed by atoms with Crippen molar-refractivity contribution in [1.29, 1.82) is 0 Å². The SMILES string of the molecule is C#CC(C)N(CC[C@H](N)C(=O)O)C[C@H]1O[C@@H](n2cnc3c(N)ncnc32)[C@H](O)[C@@H]1O. The number of rotatable bonds is 8. The van der Waals surface area contributed by atoms with Crippen LogP contribution in [0.3, 0.4) is 0 Å². The van der Waals surface area contributed by atoms with E-state index >= 15 is 0 Å². The Bertz CT molecular complexity index is 945. The van der Waals surface area contributed by atoms with Gasteiger partial charge in [0.25, 0.3) is 0 Å². The number of carbonyl (C=O) groups is 1. The van der Waals surface area contributed by atoms with Crippen molar-refractivity contribution in [3.05, 3.63) is 12.7 Å². The van der Waals surface area contributed by atoms with Crippen LogP contribution in [0, 0.1) is 12.3 Å². The highest BCUT2D eigenvalue weighted by Crippen LogP contribution is 2.32. The molecule has 7 N–H and O–H groups in total. The van der Waals surface area contributed by atoms with Crippen LogP contribution in [0.15, 0.2) is 12.7 Å². The number of hydrogen-bond acceptors (Lipinski definition) is 10. The Morgan fingerprint density at radius 3 is 2.80 bits per heavy atom. The summed E-state index contributed by atoms with van der Waals surface area (Å²) in [6, 6.07) is -1.40. The first kappa shape index (κ1) is 21.9. The molecular weight excluding hydrogens is 394 g/mol. The molecule has 3 heterocycles. The number of hydrogen-bond donors (Lipinski definition) is 5. The molecule has 162 valence electrons. The number of carboxylic acids is 1. The fourth-order valence-electron chi connectivity index (χ4n) is 3.37. The van der Waals surface area contributed by atoms with Crippen LogP contribution in [0.4, 0.5) is 5.82 Å². The second-order valence-corrected chi connectivity index (χ2v) is 7.20. The minimum absolute atomic E-state index is 0.163. The highest BCUT2D eigenvalue weighted by Gasteiger charge is 2.45. The average molecular weight is 419 g/mol. The van der Waals surface area contributed by atoms with Gasteiger partial charge in [0, 0.05) is 13.1 Å². The number of aromatic nitrogens is 4. The van der Waals surface area contributed by atoms with Crippen molar-refractivity contribution in [2.45, 2.75) is 50.0 Å². The first-order valence-corrected chi connectivity index (χ1v) is 9.37. The van der Waals surface area contributed by atoms with Crippen LogP contribution in [0.1, 0.15) is 19.6 Å². The minimum atomic E-state index is -1.26. The molecular formula is C18H25N7O5. The Hall–Kier alpha value is -2.82. The van der Waals surface area contributed by atoms with Crippen molar-refractivity contribution < 1.29 is 24.9 Å². The standard InChI is InChI=1S/C18H25N7O5/c1-3-9(2)24(5-4-10(19)18(28)29)6-11-13(26)14(27)17(30-11)25-8-23-12-15(20)21-7-22-16(12)25/h1,7-11,13-14,17,26-27H,4-6,19H2,2H3,(H,28,29)(H2,20,21,22)/t9?,10-,11+,13+,14+,17+/m0/s1. The predicted octanol–water partition coefficient (Wildman–Crippen LogP) is -1.85. The van der Waals surface area contributed by atoms with Crippen molar-refractivity contribution in [1.82, 2.24) is 24.4 Å². The van der Waals surface area contributed by atoms with Crippen LogP contribution in [-0.4, -0.2) is 89.2 Å². The van der Waals surface area contributed by atoms with Crippen molar-refractivity contribution in [2.75, 3.05) is 18.8 Å². The van der Waals surface area contributed by atoms with Crippen molar-refractivity contribution in [3.63, 3.8) is 0 Å². The lowest BCUT2D eigenvalue weighted by molar-refractivity contribution is -0.138. The normalized spacial score (nSPS) is 26.0. The summed E-state index contributed by atoms with van der Waals surface area (Å²) in [5.74, 6) is 1.66. The van der Waals surface area contributed by atoms with Crippen molar-refractivity contribution in [3.8, 4) is 12.3 Å². The van der Waals surface area contributed by atoms with Gasteiger partial charge in [0.15, 0.2) is 17.7 Å². The van der Waals surface area contributed by atoms with Crippen molar-refractivity contribution >= 4 is 23.0 Å². The maximum atomic E-state index is 11.0. The smallest absolute Gasteiger partial charge is 0.320 e. The quantitative estimate of drug-likeness (QED) is 0.302. The number of aliphatic hydroxyl groups is 2. The summed E-state index contributed by atoms with van der Waals surface area (Å²) in [6.07, 6.45) is 4.16. The highest BCUT2D eigenvalue weighted by molar-refractivity contribution is 5.81. The fourth-order valence-corrected chi connectivity index (χ4v) is 3.37. The summed E-state index contributed by atoms with van der Waals surface area (Å²) in [7, 11) is 0. The molecule has 1 saturated heterocycles. The molecule has 1 aliphatic rings. The zero-order valence-corrected chi connectivity index (χ0v) is 16.4. The second-order valence-electron chi connectivity index (χ2n) is 7.20.